The van der Waals surface area contributed by atoms with Gasteiger partial charge in [0, 0.05) is 24.2 Å². The molecule has 31 heavy (non-hydrogen) atoms. The maximum Gasteiger partial charge on any atom is 0.269 e. The average Bonchev–Trinajstić information content (AvgIpc) is 2.70. The van der Waals surface area contributed by atoms with Crippen LogP contribution in [0.2, 0.25) is 0 Å². The summed E-state index contributed by atoms with van der Waals surface area (Å²) in [6.07, 6.45) is 3.14. The highest BCUT2D eigenvalue weighted by Gasteiger charge is 2.24. The van der Waals surface area contributed by atoms with Gasteiger partial charge in [-0.2, -0.15) is 5.10 Å². The molecule has 8 heteroatoms. The predicted molar refractivity (Wildman–Crippen MR) is 126 cm³/mol. The van der Waals surface area contributed by atoms with Crippen LogP contribution in [-0.2, 0) is 16.9 Å². The van der Waals surface area contributed by atoms with Crippen molar-refractivity contribution in [3.8, 4) is 0 Å². The maximum absolute atomic E-state index is 12.6. The first-order valence-corrected chi connectivity index (χ1v) is 11.5. The molecule has 1 heterocycles. The average molecular weight is 445 g/mol. The summed E-state index contributed by atoms with van der Waals surface area (Å²) in [5.41, 5.74) is 2.32. The molecular formula is C23H32N4O3S. The topological polar surface area (TPSA) is 84.3 Å². The molecule has 0 spiro atoms. The summed E-state index contributed by atoms with van der Waals surface area (Å²) in [6, 6.07) is 6.74. The van der Waals surface area contributed by atoms with E-state index >= 15 is 0 Å². The molecule has 0 aliphatic heterocycles. The van der Waals surface area contributed by atoms with Gasteiger partial charge in [0.05, 0.1) is 15.8 Å². The number of hydrogen-bond donors (Lipinski definition) is 1. The fourth-order valence-corrected chi connectivity index (χ4v) is 4.70. The predicted octanol–water partition coefficient (Wildman–Crippen LogP) is 3.36. The minimum atomic E-state index is -3.60. The SMILES string of the molecule is C=C(/C=C\C)S(=O)(=O)c1ccc([C@@H]([C@H](C)Nc2nn(C)c(=O)c(C)c2C)N(C)C)cc1. The molecule has 1 aromatic carbocycles. The van der Waals surface area contributed by atoms with Crippen LogP contribution in [-0.4, -0.2) is 43.2 Å². The van der Waals surface area contributed by atoms with E-state index in [1.54, 1.807) is 39.1 Å². The molecule has 2 atom stereocenters. The van der Waals surface area contributed by atoms with Crippen molar-refractivity contribution in [1.29, 1.82) is 0 Å². The Morgan fingerprint density at radius 1 is 1.19 bits per heavy atom. The number of hydrogen-bond acceptors (Lipinski definition) is 6. The van der Waals surface area contributed by atoms with Crippen molar-refractivity contribution in [2.75, 3.05) is 19.4 Å². The van der Waals surface area contributed by atoms with Gasteiger partial charge in [-0.1, -0.05) is 24.8 Å². The lowest BCUT2D eigenvalue weighted by molar-refractivity contribution is 0.275. The van der Waals surface area contributed by atoms with Crippen LogP contribution in [0.15, 0.2) is 57.6 Å². The Hall–Kier alpha value is -2.71. The van der Waals surface area contributed by atoms with E-state index in [1.807, 2.05) is 40.1 Å². The van der Waals surface area contributed by atoms with Crippen LogP contribution in [0.5, 0.6) is 0 Å². The summed E-state index contributed by atoms with van der Waals surface area (Å²) < 4.78 is 26.6. The minimum Gasteiger partial charge on any atom is -0.364 e. The third kappa shape index (κ3) is 5.14. The van der Waals surface area contributed by atoms with Crippen molar-refractivity contribution >= 4 is 15.7 Å². The molecule has 168 valence electrons. The summed E-state index contributed by atoms with van der Waals surface area (Å²) in [5, 5.41) is 7.80. The Kier molecular flexibility index (Phi) is 7.62. The Bertz CT molecular complexity index is 1150. The Balaban J connectivity index is 2.37. The van der Waals surface area contributed by atoms with Crippen LogP contribution in [0, 0.1) is 13.8 Å². The quantitative estimate of drug-likeness (QED) is 0.629. The van der Waals surface area contributed by atoms with Gasteiger partial charge < -0.3 is 10.2 Å². The van der Waals surface area contributed by atoms with Crippen molar-refractivity contribution < 1.29 is 8.42 Å². The van der Waals surface area contributed by atoms with E-state index in [1.165, 1.54) is 10.8 Å². The third-order valence-corrected chi connectivity index (χ3v) is 7.13. The number of aromatic nitrogens is 2. The van der Waals surface area contributed by atoms with Crippen molar-refractivity contribution in [2.45, 2.75) is 44.7 Å². The number of nitrogens with one attached hydrogen (secondary N) is 1. The molecule has 2 aromatic rings. The number of sulfone groups is 1. The first-order valence-electron chi connectivity index (χ1n) is 10.1. The van der Waals surface area contributed by atoms with Gasteiger partial charge in [0.25, 0.3) is 5.56 Å². The number of benzene rings is 1. The molecule has 0 unspecified atom stereocenters. The molecule has 1 N–H and O–H groups in total. The fraction of sp³-hybridized carbons (Fsp3) is 0.391. The van der Waals surface area contributed by atoms with E-state index in [4.69, 9.17) is 0 Å². The second kappa shape index (κ2) is 9.62. The zero-order valence-electron chi connectivity index (χ0n) is 19.3. The van der Waals surface area contributed by atoms with Crippen molar-refractivity contribution in [3.63, 3.8) is 0 Å². The van der Waals surface area contributed by atoms with Crippen LogP contribution in [0.4, 0.5) is 5.82 Å². The molecule has 0 fully saturated rings. The number of allylic oxidation sites excluding steroid dienone is 2. The molecule has 0 aliphatic rings. The Labute approximate surface area is 185 Å². The molecule has 0 radical (unpaired) electrons. The monoisotopic (exact) mass is 444 g/mol. The van der Waals surface area contributed by atoms with Crippen LogP contribution in [0.3, 0.4) is 0 Å². The molecule has 7 nitrogen and oxygen atoms in total. The number of anilines is 1. The summed E-state index contributed by atoms with van der Waals surface area (Å²) >= 11 is 0. The number of rotatable bonds is 8. The summed E-state index contributed by atoms with van der Waals surface area (Å²) in [7, 11) is 1.96. The van der Waals surface area contributed by atoms with Gasteiger partial charge in [0.2, 0.25) is 9.84 Å². The summed E-state index contributed by atoms with van der Waals surface area (Å²) in [4.78, 5) is 14.4. The Morgan fingerprint density at radius 2 is 1.77 bits per heavy atom. The highest BCUT2D eigenvalue weighted by atomic mass is 32.2. The molecule has 0 saturated carbocycles. The Morgan fingerprint density at radius 3 is 2.29 bits per heavy atom. The van der Waals surface area contributed by atoms with Gasteiger partial charge in [-0.15, -0.1) is 0 Å². The lowest BCUT2D eigenvalue weighted by atomic mass is 9.99. The molecule has 0 saturated heterocycles. The van der Waals surface area contributed by atoms with Crippen LogP contribution in [0.1, 0.15) is 36.6 Å². The van der Waals surface area contributed by atoms with Gasteiger partial charge in [-0.25, -0.2) is 13.1 Å². The van der Waals surface area contributed by atoms with Gasteiger partial charge in [-0.05, 0) is 65.6 Å². The number of aryl methyl sites for hydroxylation is 1. The van der Waals surface area contributed by atoms with E-state index in [-0.39, 0.29) is 27.4 Å². The second-order valence-electron chi connectivity index (χ2n) is 7.91. The molecule has 2 rings (SSSR count). The largest absolute Gasteiger partial charge is 0.364 e. The highest BCUT2D eigenvalue weighted by molar-refractivity contribution is 7.95. The van der Waals surface area contributed by atoms with Crippen molar-refractivity contribution in [3.05, 3.63) is 74.9 Å². The first kappa shape index (κ1) is 24.6. The number of nitrogens with zero attached hydrogens (tertiary/aromatic N) is 3. The first-order chi connectivity index (χ1) is 14.4. The zero-order valence-corrected chi connectivity index (χ0v) is 20.1. The van der Waals surface area contributed by atoms with E-state index in [9.17, 15) is 13.2 Å². The van der Waals surface area contributed by atoms with Crippen LogP contribution < -0.4 is 10.9 Å². The van der Waals surface area contributed by atoms with Gasteiger partial charge >= 0.3 is 0 Å². The van der Waals surface area contributed by atoms with E-state index in [2.05, 4.69) is 21.9 Å². The normalized spacial score (nSPS) is 14.1. The zero-order chi connectivity index (χ0) is 23.5. The van der Waals surface area contributed by atoms with Gasteiger partial charge in [0.1, 0.15) is 5.82 Å². The lowest BCUT2D eigenvalue weighted by Crippen LogP contribution is -2.36. The number of likely N-dealkylation sites (N-methyl/N-ethyl adjacent to an activating group) is 1. The molecule has 0 amide bonds. The standard InChI is InChI=1S/C23H32N4O3S/c1-9-10-15(2)31(29,30)20-13-11-19(12-14-20)21(26(6)7)18(5)24-22-16(3)17(4)23(28)27(8)25-22/h9-14,18,21H,2H2,1,3-8H3,(H,24,25)/b10-9-/t18-,21+/m0/s1. The lowest BCUT2D eigenvalue weighted by Gasteiger charge is -2.32. The highest BCUT2D eigenvalue weighted by Crippen LogP contribution is 2.28. The van der Waals surface area contributed by atoms with Crippen LogP contribution in [0.25, 0.3) is 0 Å². The summed E-state index contributed by atoms with van der Waals surface area (Å²) in [5.74, 6) is 0.654. The molecular weight excluding hydrogens is 412 g/mol. The minimum absolute atomic E-state index is 0.0609. The van der Waals surface area contributed by atoms with Gasteiger partial charge in [0.15, 0.2) is 0 Å². The molecule has 1 aromatic heterocycles. The molecule has 0 aliphatic carbocycles. The van der Waals surface area contributed by atoms with E-state index in [0.29, 0.717) is 11.4 Å². The smallest absolute Gasteiger partial charge is 0.269 e. The van der Waals surface area contributed by atoms with Crippen molar-refractivity contribution in [1.82, 2.24) is 14.7 Å². The van der Waals surface area contributed by atoms with Gasteiger partial charge in [-0.3, -0.25) is 4.79 Å². The van der Waals surface area contributed by atoms with Crippen molar-refractivity contribution in [2.24, 2.45) is 7.05 Å². The van der Waals surface area contributed by atoms with E-state index < -0.39 is 9.84 Å². The summed E-state index contributed by atoms with van der Waals surface area (Å²) in [6.45, 7) is 11.1. The van der Waals surface area contributed by atoms with Crippen LogP contribution >= 0.6 is 0 Å². The fourth-order valence-electron chi connectivity index (χ4n) is 3.59. The second-order valence-corrected chi connectivity index (χ2v) is 9.91. The third-order valence-electron chi connectivity index (χ3n) is 5.41. The molecule has 0 bridgehead atoms. The maximum atomic E-state index is 12.6. The van der Waals surface area contributed by atoms with E-state index in [0.717, 1.165) is 11.1 Å².